The number of carbonyl (C=O) groups is 2. The predicted molar refractivity (Wildman–Crippen MR) is 67.6 cm³/mol. The van der Waals surface area contributed by atoms with Crippen LogP contribution in [0.3, 0.4) is 0 Å². The average Bonchev–Trinajstić information content (AvgIpc) is 2.76. The number of aromatic nitrogens is 2. The summed E-state index contributed by atoms with van der Waals surface area (Å²) in [4.78, 5) is 22.3. The largest absolute Gasteiger partial charge is 0.453 e. The van der Waals surface area contributed by atoms with Gasteiger partial charge in [0.2, 0.25) is 5.91 Å². The smallest absolute Gasteiger partial charge is 0.413 e. The number of carbonyl (C=O) groups excluding carboxylic acids is 2. The third-order valence-corrected chi connectivity index (χ3v) is 4.70. The molecule has 0 unspecified atom stereocenters. The molecule has 0 saturated carbocycles. The maximum absolute atomic E-state index is 11.5. The van der Waals surface area contributed by atoms with Gasteiger partial charge < -0.3 is 4.74 Å². The fourth-order valence-corrected chi connectivity index (χ4v) is 3.37. The van der Waals surface area contributed by atoms with Crippen molar-refractivity contribution in [2.45, 2.75) is 20.9 Å². The van der Waals surface area contributed by atoms with Crippen LogP contribution in [0.25, 0.3) is 0 Å². The van der Waals surface area contributed by atoms with E-state index in [1.165, 1.54) is 42.0 Å². The van der Waals surface area contributed by atoms with Crippen LogP contribution < -0.4 is 5.32 Å². The molecule has 1 atom stereocenters. The number of rotatable bonds is 4. The lowest BCUT2D eigenvalue weighted by atomic mass is 10.4. The van der Waals surface area contributed by atoms with Crippen molar-refractivity contribution in [3.63, 3.8) is 0 Å². The molecule has 9 heteroatoms. The molecule has 6 nitrogen and oxygen atoms in total. The number of alkyl carbamates (subject to hydrolysis) is 1. The summed E-state index contributed by atoms with van der Waals surface area (Å²) in [5.74, 6) is -0.414. The molecule has 1 rings (SSSR count). The lowest BCUT2D eigenvalue weighted by Gasteiger charge is -2.07. The fraction of sp³-hybridized carbons (Fsp3) is 0.500. The second-order valence-electron chi connectivity index (χ2n) is 2.78. The van der Waals surface area contributed by atoms with Crippen LogP contribution in [0, 0.1) is 0 Å². The molecule has 0 aliphatic heterocycles. The highest BCUT2D eigenvalue weighted by Gasteiger charge is 2.19. The zero-order chi connectivity index (χ0) is 12.8. The van der Waals surface area contributed by atoms with Gasteiger partial charge in [0.25, 0.3) is 0 Å². The summed E-state index contributed by atoms with van der Waals surface area (Å²) in [6, 6.07) is 0. The van der Waals surface area contributed by atoms with Crippen LogP contribution in [-0.2, 0) is 9.53 Å². The highest BCUT2D eigenvalue weighted by atomic mass is 32.2. The second kappa shape index (κ2) is 6.82. The normalized spacial score (nSPS) is 11.9. The first-order valence-corrected chi connectivity index (χ1v) is 7.42. The molecule has 0 bridgehead atoms. The molecule has 1 N–H and O–H groups in total. The van der Waals surface area contributed by atoms with E-state index in [-0.39, 0.29) is 0 Å². The van der Waals surface area contributed by atoms with Crippen LogP contribution in [0.1, 0.15) is 6.92 Å². The number of imide groups is 1. The highest BCUT2D eigenvalue weighted by Crippen LogP contribution is 2.30. The molecule has 17 heavy (non-hydrogen) atoms. The Kier molecular flexibility index (Phi) is 5.72. The Hall–Kier alpha value is -0.800. The number of ether oxygens (including phenoxy) is 1. The molecule has 0 aromatic carbocycles. The number of nitrogens with one attached hydrogen (secondary N) is 1. The molecule has 1 aromatic heterocycles. The van der Waals surface area contributed by atoms with E-state index in [0.717, 1.165) is 4.34 Å². The van der Waals surface area contributed by atoms with E-state index in [0.29, 0.717) is 4.34 Å². The van der Waals surface area contributed by atoms with Crippen molar-refractivity contribution in [2.24, 2.45) is 0 Å². The first-order valence-electron chi connectivity index (χ1n) is 4.49. The van der Waals surface area contributed by atoms with Crippen LogP contribution in [-0.4, -0.2) is 40.8 Å². The van der Waals surface area contributed by atoms with Gasteiger partial charge >= 0.3 is 6.09 Å². The Balaban J connectivity index is 2.50. The van der Waals surface area contributed by atoms with Crippen LogP contribution in [0.2, 0.25) is 0 Å². The summed E-state index contributed by atoms with van der Waals surface area (Å²) in [5.41, 5.74) is 0. The molecular formula is C8H11N3O3S3. The molecular weight excluding hydrogens is 282 g/mol. The lowest BCUT2D eigenvalue weighted by Crippen LogP contribution is -2.35. The highest BCUT2D eigenvalue weighted by molar-refractivity contribution is 8.03. The molecule has 1 aromatic rings. The maximum Gasteiger partial charge on any atom is 0.413 e. The van der Waals surface area contributed by atoms with Crippen molar-refractivity contribution in [3.8, 4) is 0 Å². The van der Waals surface area contributed by atoms with Gasteiger partial charge in [-0.25, -0.2) is 4.79 Å². The third-order valence-electron chi connectivity index (χ3n) is 1.62. The minimum atomic E-state index is -0.760. The van der Waals surface area contributed by atoms with Gasteiger partial charge in [-0.15, -0.1) is 10.2 Å². The number of nitrogens with zero attached hydrogens (tertiary/aromatic N) is 2. The van der Waals surface area contributed by atoms with E-state index in [1.807, 2.05) is 6.26 Å². The number of hydrogen-bond donors (Lipinski definition) is 1. The van der Waals surface area contributed by atoms with Crippen molar-refractivity contribution < 1.29 is 14.3 Å². The molecule has 0 fully saturated rings. The van der Waals surface area contributed by atoms with Gasteiger partial charge in [-0.1, -0.05) is 34.9 Å². The maximum atomic E-state index is 11.5. The summed E-state index contributed by atoms with van der Waals surface area (Å²) in [7, 11) is 1.20. The Morgan fingerprint density at radius 3 is 2.59 bits per heavy atom. The van der Waals surface area contributed by atoms with Gasteiger partial charge in [0.15, 0.2) is 8.68 Å². The monoisotopic (exact) mass is 293 g/mol. The zero-order valence-corrected chi connectivity index (χ0v) is 11.9. The Morgan fingerprint density at radius 2 is 2.06 bits per heavy atom. The average molecular weight is 293 g/mol. The SMILES string of the molecule is COC(=O)NC(=O)[C@@H](C)Sc1nnc(SC)s1. The van der Waals surface area contributed by atoms with Gasteiger partial charge in [0.1, 0.15) is 0 Å². The van der Waals surface area contributed by atoms with E-state index in [4.69, 9.17) is 0 Å². The van der Waals surface area contributed by atoms with Crippen molar-refractivity contribution >= 4 is 46.9 Å². The number of amides is 2. The third kappa shape index (κ3) is 4.52. The van der Waals surface area contributed by atoms with Crippen molar-refractivity contribution in [2.75, 3.05) is 13.4 Å². The molecule has 0 aliphatic rings. The first kappa shape index (κ1) is 14.3. The van der Waals surface area contributed by atoms with Gasteiger partial charge in [0.05, 0.1) is 12.4 Å². The van der Waals surface area contributed by atoms with Crippen LogP contribution in [0.4, 0.5) is 4.79 Å². The van der Waals surface area contributed by atoms with E-state index in [2.05, 4.69) is 20.3 Å². The second-order valence-corrected chi connectivity index (χ2v) is 6.40. The van der Waals surface area contributed by atoms with Crippen molar-refractivity contribution in [3.05, 3.63) is 0 Å². The Morgan fingerprint density at radius 1 is 1.41 bits per heavy atom. The topological polar surface area (TPSA) is 81.2 Å². The molecule has 1 heterocycles. The number of methoxy groups -OCH3 is 1. The quantitative estimate of drug-likeness (QED) is 0.845. The van der Waals surface area contributed by atoms with Crippen molar-refractivity contribution in [1.82, 2.24) is 15.5 Å². The molecule has 2 amide bonds. The van der Waals surface area contributed by atoms with Crippen molar-refractivity contribution in [1.29, 1.82) is 0 Å². The summed E-state index contributed by atoms with van der Waals surface area (Å²) >= 11 is 4.16. The van der Waals surface area contributed by atoms with E-state index < -0.39 is 17.3 Å². The van der Waals surface area contributed by atoms with E-state index in [9.17, 15) is 9.59 Å². The Labute approximate surface area is 111 Å². The first-order chi connectivity index (χ1) is 8.06. The minimum absolute atomic E-state index is 0.414. The molecule has 94 valence electrons. The minimum Gasteiger partial charge on any atom is -0.453 e. The molecule has 0 aliphatic carbocycles. The van der Waals surface area contributed by atoms with E-state index >= 15 is 0 Å². The zero-order valence-electron chi connectivity index (χ0n) is 9.42. The Bertz CT molecular complexity index is 410. The van der Waals surface area contributed by atoms with Crippen LogP contribution >= 0.6 is 34.9 Å². The van der Waals surface area contributed by atoms with Gasteiger partial charge in [-0.3, -0.25) is 10.1 Å². The molecule has 0 saturated heterocycles. The van der Waals surface area contributed by atoms with Gasteiger partial charge in [-0.05, 0) is 13.2 Å². The fourth-order valence-electron chi connectivity index (χ4n) is 0.785. The summed E-state index contributed by atoms with van der Waals surface area (Å²) in [6.45, 7) is 1.68. The molecule has 0 spiro atoms. The molecule has 0 radical (unpaired) electrons. The standard InChI is InChI=1S/C8H11N3O3S3/c1-4(5(12)9-6(13)14-2)16-8-11-10-7(15-3)17-8/h4H,1-3H3,(H,9,12,13)/t4-/m1/s1. The number of thioether (sulfide) groups is 2. The summed E-state index contributed by atoms with van der Waals surface area (Å²) < 4.78 is 5.87. The van der Waals surface area contributed by atoms with Gasteiger partial charge in [-0.2, -0.15) is 0 Å². The number of hydrogen-bond acceptors (Lipinski definition) is 8. The summed E-state index contributed by atoms with van der Waals surface area (Å²) in [5, 5.41) is 9.50. The van der Waals surface area contributed by atoms with E-state index in [1.54, 1.807) is 6.92 Å². The van der Waals surface area contributed by atoms with Crippen LogP contribution in [0.5, 0.6) is 0 Å². The van der Waals surface area contributed by atoms with Crippen LogP contribution in [0.15, 0.2) is 8.68 Å². The lowest BCUT2D eigenvalue weighted by molar-refractivity contribution is -0.119. The summed E-state index contributed by atoms with van der Waals surface area (Å²) in [6.07, 6.45) is 1.15. The van der Waals surface area contributed by atoms with Gasteiger partial charge in [0, 0.05) is 0 Å². The predicted octanol–water partition coefficient (Wildman–Crippen LogP) is 1.62.